The molecule has 2 unspecified atom stereocenters. The average molecular weight is 675 g/mol. The van der Waals surface area contributed by atoms with Gasteiger partial charge in [0.25, 0.3) is 0 Å². The van der Waals surface area contributed by atoms with Gasteiger partial charge in [0.15, 0.2) is 0 Å². The molecule has 6 N–H and O–H groups in total. The number of carbonyl (C=O) groups is 1. The van der Waals surface area contributed by atoms with Crippen LogP contribution < -0.4 is 11.1 Å². The molecule has 0 heterocycles. The summed E-state index contributed by atoms with van der Waals surface area (Å²) in [4.78, 5) is 22.6. The van der Waals surface area contributed by atoms with E-state index in [2.05, 4.69) is 31.3 Å². The van der Waals surface area contributed by atoms with E-state index in [1.54, 1.807) is 6.08 Å². The van der Waals surface area contributed by atoms with Crippen LogP contribution in [0.3, 0.4) is 0 Å². The second-order valence-electron chi connectivity index (χ2n) is 12.6. The zero-order valence-electron chi connectivity index (χ0n) is 29.4. The Morgan fingerprint density at radius 1 is 0.717 bits per heavy atom. The SMILES string of the molecule is CCCCCCCC/C=C\CCCCCCCCC(O)C(=O)N[C@@H](COP(=O)(O)OCCN)[C@H](O)/C=C/CCCCCCCCC. The van der Waals surface area contributed by atoms with Gasteiger partial charge in [-0.1, -0.05) is 141 Å². The molecule has 0 bridgehead atoms. The lowest BCUT2D eigenvalue weighted by atomic mass is 10.0. The van der Waals surface area contributed by atoms with Crippen LogP contribution in [0.15, 0.2) is 24.3 Å². The van der Waals surface area contributed by atoms with Gasteiger partial charge in [-0.15, -0.1) is 0 Å². The van der Waals surface area contributed by atoms with Gasteiger partial charge in [0.1, 0.15) is 6.10 Å². The van der Waals surface area contributed by atoms with Crippen molar-refractivity contribution in [3.8, 4) is 0 Å². The molecule has 0 fully saturated rings. The van der Waals surface area contributed by atoms with Crippen molar-refractivity contribution in [1.82, 2.24) is 5.32 Å². The van der Waals surface area contributed by atoms with Gasteiger partial charge in [-0.3, -0.25) is 13.8 Å². The van der Waals surface area contributed by atoms with Crippen LogP contribution in [0.4, 0.5) is 0 Å². The summed E-state index contributed by atoms with van der Waals surface area (Å²) in [5.41, 5.74) is 5.33. The molecule has 4 atom stereocenters. The van der Waals surface area contributed by atoms with Gasteiger partial charge in [0, 0.05) is 6.54 Å². The highest BCUT2D eigenvalue weighted by Gasteiger charge is 2.28. The standard InChI is InChI=1S/C36H71N2O7P/c1-3-5-7-9-11-13-14-15-16-17-18-19-21-23-25-27-29-35(40)36(41)38-33(32-45-46(42,43)44-31-30-37)34(39)28-26-24-22-20-12-10-8-6-4-2/h15-16,26,28,33-35,39-40H,3-14,17-25,27,29-32,37H2,1-2H3,(H,38,41)(H,42,43)/b16-15-,28-26+/t33-,34+,35?/m0/s1. The molecule has 0 aliphatic rings. The van der Waals surface area contributed by atoms with Crippen molar-refractivity contribution in [3.05, 3.63) is 24.3 Å². The lowest BCUT2D eigenvalue weighted by Crippen LogP contribution is -2.49. The molecule has 0 aromatic heterocycles. The minimum Gasteiger partial charge on any atom is -0.387 e. The Hall–Kier alpha value is -1.06. The minimum atomic E-state index is -4.40. The third-order valence-corrected chi connectivity index (χ3v) is 9.11. The van der Waals surface area contributed by atoms with Gasteiger partial charge in [-0.2, -0.15) is 0 Å². The smallest absolute Gasteiger partial charge is 0.387 e. The molecule has 46 heavy (non-hydrogen) atoms. The Morgan fingerprint density at radius 3 is 1.67 bits per heavy atom. The topological polar surface area (TPSA) is 151 Å². The Kier molecular flexibility index (Phi) is 31.7. The molecular formula is C36H71N2O7P. The fourth-order valence-electron chi connectivity index (χ4n) is 5.19. The summed E-state index contributed by atoms with van der Waals surface area (Å²) in [5.74, 6) is -0.642. The van der Waals surface area contributed by atoms with Crippen LogP contribution in [-0.2, 0) is 18.4 Å². The molecule has 0 aliphatic heterocycles. The summed E-state index contributed by atoms with van der Waals surface area (Å²) in [6.07, 6.45) is 31.6. The quantitative estimate of drug-likeness (QED) is 0.0259. The zero-order chi connectivity index (χ0) is 34.1. The first-order valence-corrected chi connectivity index (χ1v) is 20.1. The zero-order valence-corrected chi connectivity index (χ0v) is 30.3. The summed E-state index contributed by atoms with van der Waals surface area (Å²) in [5, 5.41) is 23.8. The Labute approximate surface area is 281 Å². The maximum atomic E-state index is 12.7. The first-order valence-electron chi connectivity index (χ1n) is 18.6. The van der Waals surface area contributed by atoms with Gasteiger partial charge < -0.3 is 26.2 Å². The molecular weight excluding hydrogens is 603 g/mol. The van der Waals surface area contributed by atoms with Crippen LogP contribution in [0.1, 0.15) is 162 Å². The van der Waals surface area contributed by atoms with Gasteiger partial charge in [-0.05, 0) is 44.9 Å². The molecule has 0 saturated carbocycles. The maximum Gasteiger partial charge on any atom is 0.472 e. The Balaban J connectivity index is 4.40. The van der Waals surface area contributed by atoms with E-state index in [0.29, 0.717) is 12.8 Å². The molecule has 0 rings (SSSR count). The van der Waals surface area contributed by atoms with Gasteiger partial charge in [0.05, 0.1) is 25.4 Å². The molecule has 0 aliphatic carbocycles. The van der Waals surface area contributed by atoms with E-state index in [0.717, 1.165) is 44.9 Å². The number of aliphatic hydroxyl groups excluding tert-OH is 2. The number of hydrogen-bond acceptors (Lipinski definition) is 7. The lowest BCUT2D eigenvalue weighted by Gasteiger charge is -2.24. The van der Waals surface area contributed by atoms with Crippen molar-refractivity contribution >= 4 is 13.7 Å². The molecule has 0 radical (unpaired) electrons. The second-order valence-corrected chi connectivity index (χ2v) is 14.0. The number of nitrogens with two attached hydrogens (primary N) is 1. The van der Waals surface area contributed by atoms with Crippen LogP contribution in [0.2, 0.25) is 0 Å². The first kappa shape index (κ1) is 44.9. The minimum absolute atomic E-state index is 0.0426. The largest absolute Gasteiger partial charge is 0.472 e. The van der Waals surface area contributed by atoms with Gasteiger partial charge >= 0.3 is 7.82 Å². The van der Waals surface area contributed by atoms with E-state index in [9.17, 15) is 24.5 Å². The summed E-state index contributed by atoms with van der Waals surface area (Å²) in [6, 6.07) is -1.03. The second kappa shape index (κ2) is 32.5. The number of nitrogens with one attached hydrogen (secondary N) is 1. The number of hydrogen-bond donors (Lipinski definition) is 5. The highest BCUT2D eigenvalue weighted by molar-refractivity contribution is 7.47. The summed E-state index contributed by atoms with van der Waals surface area (Å²) in [6.45, 7) is 3.86. The van der Waals surface area contributed by atoms with E-state index < -0.39 is 38.6 Å². The molecule has 0 saturated heterocycles. The van der Waals surface area contributed by atoms with Crippen molar-refractivity contribution in [2.75, 3.05) is 19.8 Å². The van der Waals surface area contributed by atoms with Crippen molar-refractivity contribution in [2.24, 2.45) is 5.73 Å². The van der Waals surface area contributed by atoms with E-state index in [-0.39, 0.29) is 13.2 Å². The van der Waals surface area contributed by atoms with Crippen LogP contribution in [0.5, 0.6) is 0 Å². The third-order valence-electron chi connectivity index (χ3n) is 8.13. The van der Waals surface area contributed by atoms with Crippen LogP contribution in [-0.4, -0.2) is 59.0 Å². The molecule has 9 nitrogen and oxygen atoms in total. The molecule has 1 amide bonds. The number of aliphatic hydroxyl groups is 2. The maximum absolute atomic E-state index is 12.7. The predicted octanol–water partition coefficient (Wildman–Crippen LogP) is 8.41. The molecule has 0 aromatic rings. The highest BCUT2D eigenvalue weighted by Crippen LogP contribution is 2.43. The van der Waals surface area contributed by atoms with E-state index in [1.165, 1.54) is 89.9 Å². The summed E-state index contributed by atoms with van der Waals surface area (Å²) >= 11 is 0. The number of carbonyl (C=O) groups excluding carboxylic acids is 1. The van der Waals surface area contributed by atoms with Crippen LogP contribution in [0, 0.1) is 0 Å². The van der Waals surface area contributed by atoms with Crippen molar-refractivity contribution in [1.29, 1.82) is 0 Å². The fourth-order valence-corrected chi connectivity index (χ4v) is 5.95. The number of allylic oxidation sites excluding steroid dienone is 3. The van der Waals surface area contributed by atoms with Crippen LogP contribution in [0.25, 0.3) is 0 Å². The Bertz CT molecular complexity index is 796. The van der Waals surface area contributed by atoms with Crippen LogP contribution >= 0.6 is 7.82 Å². The van der Waals surface area contributed by atoms with E-state index in [4.69, 9.17) is 14.8 Å². The normalized spacial score (nSPS) is 15.3. The number of unbranched alkanes of at least 4 members (excludes halogenated alkanes) is 19. The number of rotatable bonds is 34. The van der Waals surface area contributed by atoms with E-state index in [1.807, 2.05) is 6.08 Å². The number of amides is 1. The average Bonchev–Trinajstić information content (AvgIpc) is 3.04. The lowest BCUT2D eigenvalue weighted by molar-refractivity contribution is -0.131. The van der Waals surface area contributed by atoms with Gasteiger partial charge in [-0.25, -0.2) is 4.57 Å². The van der Waals surface area contributed by atoms with Crippen molar-refractivity contribution in [2.45, 2.75) is 180 Å². The first-order chi connectivity index (χ1) is 22.3. The number of phosphoric acid groups is 1. The fraction of sp³-hybridized carbons (Fsp3) is 0.861. The van der Waals surface area contributed by atoms with E-state index >= 15 is 0 Å². The van der Waals surface area contributed by atoms with Gasteiger partial charge in [0.2, 0.25) is 5.91 Å². The summed E-state index contributed by atoms with van der Waals surface area (Å²) in [7, 11) is -4.40. The molecule has 272 valence electrons. The summed E-state index contributed by atoms with van der Waals surface area (Å²) < 4.78 is 21.9. The Morgan fingerprint density at radius 2 is 1.17 bits per heavy atom. The van der Waals surface area contributed by atoms with Crippen molar-refractivity contribution in [3.63, 3.8) is 0 Å². The molecule has 10 heteroatoms. The highest BCUT2D eigenvalue weighted by atomic mass is 31.2. The molecule has 0 aromatic carbocycles. The van der Waals surface area contributed by atoms with Crippen molar-refractivity contribution < 1.29 is 33.5 Å². The monoisotopic (exact) mass is 674 g/mol. The predicted molar refractivity (Wildman–Crippen MR) is 191 cm³/mol. The third kappa shape index (κ3) is 29.1. The number of phosphoric ester groups is 1. The molecule has 0 spiro atoms.